The SMILES string of the molecule is CO[C@H]1CCN(c2nccc(Nc3cc(NC(C)C)c(C(=O)N(C)CC#N)cn3)n2)C[C@H]1F. The number of amides is 1. The molecule has 2 aromatic rings. The minimum atomic E-state index is -1.11. The number of piperidine rings is 1. The second-order valence-corrected chi connectivity index (χ2v) is 8.13. The van der Waals surface area contributed by atoms with Crippen LogP contribution in [0.25, 0.3) is 0 Å². The lowest BCUT2D eigenvalue weighted by molar-refractivity contribution is 0.0194. The first-order valence-electron chi connectivity index (χ1n) is 10.7. The zero-order valence-corrected chi connectivity index (χ0v) is 19.2. The lowest BCUT2D eigenvalue weighted by Crippen LogP contribution is -2.46. The second kappa shape index (κ2) is 10.9. The average molecular weight is 457 g/mol. The summed E-state index contributed by atoms with van der Waals surface area (Å²) in [5.74, 6) is 1.09. The molecule has 10 nitrogen and oxygen atoms in total. The standard InChI is InChI=1S/C22H29FN8O2/c1-14(2)27-17-11-20(26-12-15(17)21(32)30(3)10-7-24)28-19-5-8-25-22(29-19)31-9-6-18(33-4)16(23)13-31/h5,8,11-12,14,16,18H,6,9-10,13H2,1-4H3,(H2,25,26,27,28,29)/t16-,18+/m1/s1. The number of anilines is 4. The zero-order chi connectivity index (χ0) is 24.0. The molecule has 11 heteroatoms. The van der Waals surface area contributed by atoms with E-state index >= 15 is 0 Å². The molecular formula is C22H29FN8O2. The van der Waals surface area contributed by atoms with Crippen molar-refractivity contribution in [1.82, 2.24) is 19.9 Å². The van der Waals surface area contributed by atoms with Gasteiger partial charge >= 0.3 is 0 Å². The summed E-state index contributed by atoms with van der Waals surface area (Å²) < 4.78 is 19.5. The number of nitrogens with zero attached hydrogens (tertiary/aromatic N) is 6. The Hall–Kier alpha value is -3.52. The zero-order valence-electron chi connectivity index (χ0n) is 19.2. The number of hydrogen-bond donors (Lipinski definition) is 2. The van der Waals surface area contributed by atoms with Gasteiger partial charge in [0.05, 0.1) is 30.0 Å². The predicted octanol–water partition coefficient (Wildman–Crippen LogP) is 2.59. The van der Waals surface area contributed by atoms with Crippen LogP contribution in [0.4, 0.5) is 27.7 Å². The highest BCUT2D eigenvalue weighted by Crippen LogP contribution is 2.25. The molecule has 0 aliphatic carbocycles. The van der Waals surface area contributed by atoms with E-state index in [2.05, 4.69) is 25.6 Å². The summed E-state index contributed by atoms with van der Waals surface area (Å²) >= 11 is 0. The van der Waals surface area contributed by atoms with Gasteiger partial charge in [-0.15, -0.1) is 0 Å². The number of pyridine rings is 1. The Balaban J connectivity index is 1.80. The summed E-state index contributed by atoms with van der Waals surface area (Å²) in [5, 5.41) is 15.3. The molecule has 176 valence electrons. The van der Waals surface area contributed by atoms with Crippen LogP contribution in [0.2, 0.25) is 0 Å². The number of hydrogen-bond acceptors (Lipinski definition) is 9. The van der Waals surface area contributed by atoms with Crippen molar-refractivity contribution in [3.05, 3.63) is 30.1 Å². The Labute approximate surface area is 192 Å². The first kappa shape index (κ1) is 24.1. The lowest BCUT2D eigenvalue weighted by Gasteiger charge is -2.33. The molecule has 0 spiro atoms. The van der Waals surface area contributed by atoms with Crippen LogP contribution < -0.4 is 15.5 Å². The maximum Gasteiger partial charge on any atom is 0.258 e. The molecule has 2 N–H and O–H groups in total. The number of methoxy groups -OCH3 is 1. The van der Waals surface area contributed by atoms with Crippen molar-refractivity contribution in [3.63, 3.8) is 0 Å². The number of halogens is 1. The Bertz CT molecular complexity index is 1010. The van der Waals surface area contributed by atoms with Gasteiger partial charge in [-0.05, 0) is 26.3 Å². The van der Waals surface area contributed by atoms with E-state index in [0.29, 0.717) is 41.8 Å². The molecule has 0 radical (unpaired) electrons. The van der Waals surface area contributed by atoms with Gasteiger partial charge in [0.1, 0.15) is 24.4 Å². The minimum Gasteiger partial charge on any atom is -0.382 e. The molecule has 33 heavy (non-hydrogen) atoms. The highest BCUT2D eigenvalue weighted by molar-refractivity contribution is 5.99. The molecule has 1 fully saturated rings. The van der Waals surface area contributed by atoms with Gasteiger partial charge in [-0.2, -0.15) is 10.2 Å². The number of rotatable bonds is 8. The van der Waals surface area contributed by atoms with E-state index in [9.17, 15) is 9.18 Å². The smallest absolute Gasteiger partial charge is 0.258 e. The van der Waals surface area contributed by atoms with Gasteiger partial charge in [-0.25, -0.2) is 14.4 Å². The van der Waals surface area contributed by atoms with E-state index in [0.717, 1.165) is 0 Å². The molecule has 0 aromatic carbocycles. The van der Waals surface area contributed by atoms with Crippen LogP contribution in [-0.4, -0.2) is 77.9 Å². The van der Waals surface area contributed by atoms with Crippen LogP contribution in [0.5, 0.6) is 0 Å². The van der Waals surface area contributed by atoms with Crippen LogP contribution in [0.1, 0.15) is 30.6 Å². The quantitative estimate of drug-likeness (QED) is 0.578. The molecule has 2 aromatic heterocycles. The first-order chi connectivity index (χ1) is 15.8. The fourth-order valence-corrected chi connectivity index (χ4v) is 3.54. The van der Waals surface area contributed by atoms with Crippen LogP contribution in [-0.2, 0) is 4.74 Å². The highest BCUT2D eigenvalue weighted by atomic mass is 19.1. The Morgan fingerprint density at radius 2 is 2.21 bits per heavy atom. The largest absolute Gasteiger partial charge is 0.382 e. The molecule has 1 aliphatic heterocycles. The average Bonchev–Trinajstić information content (AvgIpc) is 2.79. The summed E-state index contributed by atoms with van der Waals surface area (Å²) in [6, 6.07) is 5.45. The van der Waals surface area contributed by atoms with Gasteiger partial charge in [-0.3, -0.25) is 4.79 Å². The first-order valence-corrected chi connectivity index (χ1v) is 10.7. The topological polar surface area (TPSA) is 119 Å². The lowest BCUT2D eigenvalue weighted by atomic mass is 10.1. The third-order valence-electron chi connectivity index (χ3n) is 5.20. The van der Waals surface area contributed by atoms with E-state index in [1.807, 2.05) is 19.9 Å². The summed E-state index contributed by atoms with van der Waals surface area (Å²) in [6.45, 7) is 4.65. The van der Waals surface area contributed by atoms with Crippen LogP contribution in [0.3, 0.4) is 0 Å². The van der Waals surface area contributed by atoms with Crippen molar-refractivity contribution in [2.75, 3.05) is 49.3 Å². The van der Waals surface area contributed by atoms with Gasteiger partial charge in [-0.1, -0.05) is 0 Å². The number of aromatic nitrogens is 3. The fraction of sp³-hybridized carbons (Fsp3) is 0.500. The van der Waals surface area contributed by atoms with Crippen molar-refractivity contribution >= 4 is 29.2 Å². The maximum atomic E-state index is 14.3. The fourth-order valence-electron chi connectivity index (χ4n) is 3.54. The number of ether oxygens (including phenoxy) is 1. The number of nitrogens with one attached hydrogen (secondary N) is 2. The third-order valence-corrected chi connectivity index (χ3v) is 5.20. The monoisotopic (exact) mass is 456 g/mol. The summed E-state index contributed by atoms with van der Waals surface area (Å²) in [4.78, 5) is 29.0. The Morgan fingerprint density at radius 3 is 2.88 bits per heavy atom. The van der Waals surface area contributed by atoms with Gasteiger partial charge in [0.25, 0.3) is 5.91 Å². The van der Waals surface area contributed by atoms with Crippen molar-refractivity contribution in [2.24, 2.45) is 0 Å². The van der Waals surface area contributed by atoms with Gasteiger partial charge in [0, 0.05) is 45.2 Å². The number of carbonyl (C=O) groups excluding carboxylic acids is 1. The molecule has 1 amide bonds. The normalized spacial score (nSPS) is 18.0. The van der Waals surface area contributed by atoms with Crippen LogP contribution in [0, 0.1) is 11.3 Å². The summed E-state index contributed by atoms with van der Waals surface area (Å²) in [7, 11) is 3.08. The van der Waals surface area contributed by atoms with Crippen molar-refractivity contribution in [2.45, 2.75) is 38.6 Å². The molecule has 3 rings (SSSR count). The second-order valence-electron chi connectivity index (χ2n) is 8.13. The molecule has 2 atom stereocenters. The van der Waals surface area contributed by atoms with Crippen LogP contribution in [0.15, 0.2) is 24.5 Å². The van der Waals surface area contributed by atoms with E-state index in [4.69, 9.17) is 10.00 Å². The molecule has 0 unspecified atom stereocenters. The maximum absolute atomic E-state index is 14.3. The molecule has 1 saturated heterocycles. The van der Waals surface area contributed by atoms with E-state index in [1.165, 1.54) is 18.2 Å². The highest BCUT2D eigenvalue weighted by Gasteiger charge is 2.30. The van der Waals surface area contributed by atoms with Gasteiger partial charge in [0.2, 0.25) is 5.95 Å². The van der Waals surface area contributed by atoms with E-state index in [1.54, 1.807) is 30.3 Å². The third kappa shape index (κ3) is 6.04. The van der Waals surface area contributed by atoms with Gasteiger partial charge < -0.3 is 25.2 Å². The minimum absolute atomic E-state index is 0.0228. The molecule has 3 heterocycles. The van der Waals surface area contributed by atoms with Crippen molar-refractivity contribution in [3.8, 4) is 6.07 Å². The molecule has 0 bridgehead atoms. The number of carbonyl (C=O) groups is 1. The predicted molar refractivity (Wildman–Crippen MR) is 123 cm³/mol. The Morgan fingerprint density at radius 1 is 1.42 bits per heavy atom. The van der Waals surface area contributed by atoms with E-state index in [-0.39, 0.29) is 25.0 Å². The van der Waals surface area contributed by atoms with E-state index < -0.39 is 12.3 Å². The van der Waals surface area contributed by atoms with Gasteiger partial charge in [0.15, 0.2) is 0 Å². The summed E-state index contributed by atoms with van der Waals surface area (Å²) in [6.07, 6.45) is 2.10. The molecular weight excluding hydrogens is 427 g/mol. The van der Waals surface area contributed by atoms with Crippen molar-refractivity contribution in [1.29, 1.82) is 5.26 Å². The van der Waals surface area contributed by atoms with Crippen molar-refractivity contribution < 1.29 is 13.9 Å². The molecule has 0 saturated carbocycles. The van der Waals surface area contributed by atoms with Crippen LogP contribution >= 0.6 is 0 Å². The number of alkyl halides is 1. The Kier molecular flexibility index (Phi) is 7.95. The number of nitriles is 1. The molecule has 1 aliphatic rings. The summed E-state index contributed by atoms with van der Waals surface area (Å²) in [5.41, 5.74) is 0.957.